The van der Waals surface area contributed by atoms with Gasteiger partial charge in [0.1, 0.15) is 116 Å². The molecule has 10 aromatic carbocycles. The van der Waals surface area contributed by atoms with E-state index in [0.29, 0.717) is 29.4 Å². The lowest BCUT2D eigenvalue weighted by molar-refractivity contribution is 0.402. The quantitative estimate of drug-likeness (QED) is 0.0709. The lowest BCUT2D eigenvalue weighted by atomic mass is 9.74. The van der Waals surface area contributed by atoms with E-state index in [1.807, 2.05) is 149 Å². The van der Waals surface area contributed by atoms with Crippen LogP contribution in [0.4, 0.5) is 0 Å². The Kier molecular flexibility index (Phi) is 16.9. The highest BCUT2D eigenvalue weighted by Gasteiger charge is 2.52. The molecule has 0 saturated carbocycles. The van der Waals surface area contributed by atoms with Crippen LogP contribution < -0.4 is 37.9 Å². The van der Waals surface area contributed by atoms with Gasteiger partial charge in [-0.2, -0.15) is 21.0 Å². The Bertz CT molecular complexity index is 4900. The van der Waals surface area contributed by atoms with Gasteiger partial charge in [-0.25, -0.2) is 0 Å². The van der Waals surface area contributed by atoms with Gasteiger partial charge in [-0.15, -0.1) is 0 Å². The van der Waals surface area contributed by atoms with Gasteiger partial charge in [0, 0.05) is 5.92 Å². The average Bonchev–Trinajstić information content (AvgIpc) is 1.54. The zero-order chi connectivity index (χ0) is 65.9. The van der Waals surface area contributed by atoms with Crippen molar-refractivity contribution in [2.45, 2.75) is 65.2 Å². The van der Waals surface area contributed by atoms with Gasteiger partial charge in [-0.3, -0.25) is 0 Å². The van der Waals surface area contributed by atoms with E-state index in [2.05, 4.69) is 64.4 Å². The minimum Gasteiger partial charge on any atom is -0.456 e. The van der Waals surface area contributed by atoms with E-state index >= 15 is 0 Å². The first kappa shape index (κ1) is 61.7. The Balaban J connectivity index is 0.959. The number of benzene rings is 10. The molecule has 2 aliphatic carbocycles. The van der Waals surface area contributed by atoms with Crippen LogP contribution in [0.1, 0.15) is 120 Å². The Morgan fingerprint density at radius 1 is 0.340 bits per heavy atom. The summed E-state index contributed by atoms with van der Waals surface area (Å²) in [6, 6.07) is 67.6. The molecule has 0 N–H and O–H groups in total. The van der Waals surface area contributed by atoms with Crippen molar-refractivity contribution in [2.75, 3.05) is 0 Å². The first-order chi connectivity index (χ1) is 45.4. The van der Waals surface area contributed by atoms with Gasteiger partial charge in [0.2, 0.25) is 0 Å². The predicted molar refractivity (Wildman–Crippen MR) is 365 cm³/mol. The first-order valence-corrected chi connectivity index (χ1v) is 30.4. The van der Waals surface area contributed by atoms with Gasteiger partial charge in [-0.1, -0.05) is 135 Å². The normalized spacial score (nSPS) is 13.6. The molecule has 12 nitrogen and oxygen atoms in total. The predicted octanol–water partition coefficient (Wildman–Crippen LogP) is 22.4. The second-order valence-electron chi connectivity index (χ2n) is 23.9. The maximum absolute atomic E-state index is 10.9. The molecule has 0 radical (unpaired) electrons. The smallest absolute Gasteiger partial charge is 0.170 e. The van der Waals surface area contributed by atoms with Gasteiger partial charge < -0.3 is 37.9 Å². The molecular formula is C82H62N4O8. The lowest BCUT2D eigenvalue weighted by Gasteiger charge is -2.29. The summed E-state index contributed by atoms with van der Waals surface area (Å²) in [7, 11) is 0. The Hall–Kier alpha value is -12.5. The van der Waals surface area contributed by atoms with E-state index in [9.17, 15) is 21.0 Å². The van der Waals surface area contributed by atoms with Crippen molar-refractivity contribution in [2.24, 2.45) is 0 Å². The highest BCUT2D eigenvalue weighted by molar-refractivity contribution is 5.70. The topological polar surface area (TPSA) is 169 Å². The maximum atomic E-state index is 10.9. The van der Waals surface area contributed by atoms with E-state index in [-0.39, 0.29) is 103 Å². The number of rotatable bonds is 20. The first-order valence-electron chi connectivity index (χ1n) is 30.4. The van der Waals surface area contributed by atoms with E-state index in [1.54, 1.807) is 72.8 Å². The zero-order valence-corrected chi connectivity index (χ0v) is 52.7. The molecule has 0 aliphatic heterocycles. The van der Waals surface area contributed by atoms with Crippen LogP contribution in [0, 0.1) is 45.3 Å². The highest BCUT2D eigenvalue weighted by Crippen LogP contribution is 2.64. The molecule has 2 unspecified atom stereocenters. The molecule has 12 heteroatoms. The summed E-state index contributed by atoms with van der Waals surface area (Å²) in [6.07, 6.45) is 0.528. The van der Waals surface area contributed by atoms with E-state index in [1.165, 1.54) is 0 Å². The maximum Gasteiger partial charge on any atom is 0.170 e. The SMILES string of the molecule is C=C(C)c1ccc(Oc2cccc(Oc3cc4c(cc3Oc3cccc(Oc5ccc(C(=C)C)cc5)c3C#N)C3C(C4)c4cc(Oc5cccc(Oc6ccc(C(=C)C)cc6)c5C#N)c(Oc5cccc(Oc6ccc(C(=C)C)cc6)c5C#N)cc4C3(C)C)c2C#N)cc1. The fourth-order valence-corrected chi connectivity index (χ4v) is 12.1. The molecule has 0 heterocycles. The van der Waals surface area contributed by atoms with Crippen molar-refractivity contribution in [1.82, 2.24) is 0 Å². The molecule has 0 bridgehead atoms. The third kappa shape index (κ3) is 12.3. The molecule has 0 spiro atoms. The van der Waals surface area contributed by atoms with Crippen LogP contribution in [0.25, 0.3) is 22.3 Å². The van der Waals surface area contributed by atoms with E-state index in [0.717, 1.165) is 66.8 Å². The van der Waals surface area contributed by atoms with Crippen LogP contribution in [-0.4, -0.2) is 0 Å². The number of hydrogen-bond donors (Lipinski definition) is 0. The molecule has 2 aliphatic rings. The summed E-state index contributed by atoms with van der Waals surface area (Å²) in [4.78, 5) is 0. The Labute approximate surface area is 547 Å². The standard InChI is InChI=1S/C82H62N4O8/c1-48(2)52-23-31-57(32-24-52)87-69-15-11-19-73(64(69)44-83)91-77-40-56-39-63-62-42-79(93-75-21-13-17-71(66(75)46-85)89-59-35-27-54(28-36-59)50(5)6)80(94-76-22-14-18-72(67(76)47-86)90-60-37-29-55(30-38-60)51(7)8)43-68(62)82(9,10)81(63)61(56)41-78(77)92-74-20-12-16-70(65(74)45-84)88-58-33-25-53(26-34-58)49(3)4/h11-38,40-43,63,81H,1,3,5,7,39H2,2,4,6,8-10H3. The molecule has 94 heavy (non-hydrogen) atoms. The van der Waals surface area contributed by atoms with Crippen LogP contribution in [0.15, 0.2) is 220 Å². The van der Waals surface area contributed by atoms with Gasteiger partial charge in [0.25, 0.3) is 0 Å². The summed E-state index contributed by atoms with van der Waals surface area (Å²) in [6.45, 7) is 28.3. The molecule has 12 rings (SSSR count). The monoisotopic (exact) mass is 1230 g/mol. The second-order valence-corrected chi connectivity index (χ2v) is 23.9. The fourth-order valence-electron chi connectivity index (χ4n) is 12.1. The number of nitrogens with zero attached hydrogens (tertiary/aromatic N) is 4. The molecule has 0 fully saturated rings. The number of nitriles is 4. The zero-order valence-electron chi connectivity index (χ0n) is 52.7. The number of fused-ring (bicyclic) bond motifs is 5. The van der Waals surface area contributed by atoms with Gasteiger partial charge in [-0.05, 0) is 211 Å². The number of ether oxygens (including phenoxy) is 8. The Morgan fingerprint density at radius 3 is 0.872 bits per heavy atom. The molecular weight excluding hydrogens is 1170 g/mol. The van der Waals surface area contributed by atoms with Crippen LogP contribution in [-0.2, 0) is 11.8 Å². The van der Waals surface area contributed by atoms with Crippen molar-refractivity contribution in [1.29, 1.82) is 21.0 Å². The fraction of sp³-hybridized carbons (Fsp3) is 0.122. The van der Waals surface area contributed by atoms with Crippen molar-refractivity contribution in [3.8, 4) is 116 Å². The van der Waals surface area contributed by atoms with Crippen LogP contribution in [0.5, 0.6) is 92.0 Å². The third-order valence-corrected chi connectivity index (χ3v) is 16.9. The van der Waals surface area contributed by atoms with Crippen molar-refractivity contribution in [3.05, 3.63) is 287 Å². The van der Waals surface area contributed by atoms with E-state index in [4.69, 9.17) is 37.9 Å². The summed E-state index contributed by atoms with van der Waals surface area (Å²) in [5, 5.41) is 43.5. The molecule has 0 amide bonds. The van der Waals surface area contributed by atoms with Crippen molar-refractivity contribution in [3.63, 3.8) is 0 Å². The van der Waals surface area contributed by atoms with Gasteiger partial charge >= 0.3 is 0 Å². The highest BCUT2D eigenvalue weighted by atomic mass is 16.5. The third-order valence-electron chi connectivity index (χ3n) is 16.9. The summed E-state index contributed by atoms with van der Waals surface area (Å²) in [5.74, 6) is 4.66. The molecule has 0 aromatic heterocycles. The summed E-state index contributed by atoms with van der Waals surface area (Å²) < 4.78 is 53.1. The van der Waals surface area contributed by atoms with Crippen LogP contribution in [0.2, 0.25) is 0 Å². The molecule has 10 aromatic rings. The molecule has 2 atom stereocenters. The lowest BCUT2D eigenvalue weighted by Crippen LogP contribution is -2.22. The van der Waals surface area contributed by atoms with Crippen LogP contribution in [0.3, 0.4) is 0 Å². The minimum atomic E-state index is -0.626. The summed E-state index contributed by atoms with van der Waals surface area (Å²) >= 11 is 0. The van der Waals surface area contributed by atoms with Gasteiger partial charge in [0.15, 0.2) is 23.0 Å². The number of hydrogen-bond acceptors (Lipinski definition) is 12. The molecule has 458 valence electrons. The minimum absolute atomic E-state index is 0.137. The number of allylic oxidation sites excluding steroid dienone is 4. The average molecular weight is 1230 g/mol. The van der Waals surface area contributed by atoms with Crippen LogP contribution >= 0.6 is 0 Å². The van der Waals surface area contributed by atoms with Crippen molar-refractivity contribution >= 4 is 22.3 Å². The second kappa shape index (κ2) is 25.8. The summed E-state index contributed by atoms with van der Waals surface area (Å²) in [5.41, 5.74) is 11.2. The molecule has 0 saturated heterocycles. The Morgan fingerprint density at radius 2 is 0.596 bits per heavy atom. The van der Waals surface area contributed by atoms with Crippen molar-refractivity contribution < 1.29 is 37.9 Å². The largest absolute Gasteiger partial charge is 0.456 e. The van der Waals surface area contributed by atoms with Gasteiger partial charge in [0.05, 0.1) is 0 Å². The van der Waals surface area contributed by atoms with E-state index < -0.39 is 5.41 Å².